The first-order chi connectivity index (χ1) is 6.27. The first kappa shape index (κ1) is 8.51. The van der Waals surface area contributed by atoms with Gasteiger partial charge in [-0.05, 0) is 24.6 Å². The van der Waals surface area contributed by atoms with Crippen molar-refractivity contribution >= 4 is 5.82 Å². The van der Waals surface area contributed by atoms with Crippen LogP contribution in [-0.4, -0.2) is 25.6 Å². The molecule has 1 aromatic heterocycles. The van der Waals surface area contributed by atoms with Crippen LogP contribution < -0.4 is 10.2 Å². The summed E-state index contributed by atoms with van der Waals surface area (Å²) in [6.45, 7) is 1.14. The quantitative estimate of drug-likeness (QED) is 0.735. The lowest BCUT2D eigenvalue weighted by molar-refractivity contribution is 0.382. The van der Waals surface area contributed by atoms with E-state index in [-0.39, 0.29) is 0 Å². The average Bonchev–Trinajstić information content (AvgIpc) is 2.02. The maximum atomic E-state index is 4.37. The lowest BCUT2D eigenvalue weighted by atomic mass is 10.00. The Bertz CT molecular complexity index is 275. The maximum Gasteiger partial charge on any atom is 0.127 e. The standard InChI is InChI=1S/C10H15N3/c1-13(2)10-4-3-8(7-12-10)9-5-6-11-9/h3-4,7,9,11H,5-6H2,1-2H3/t9-/m0/s1. The summed E-state index contributed by atoms with van der Waals surface area (Å²) in [5, 5.41) is 3.36. The molecule has 1 N–H and O–H groups in total. The number of rotatable bonds is 2. The molecule has 3 heteroatoms. The molecule has 0 unspecified atom stereocenters. The van der Waals surface area contributed by atoms with E-state index in [0.29, 0.717) is 6.04 Å². The minimum Gasteiger partial charge on any atom is -0.363 e. The third-order valence-electron chi connectivity index (χ3n) is 2.46. The molecule has 1 fully saturated rings. The largest absolute Gasteiger partial charge is 0.363 e. The zero-order chi connectivity index (χ0) is 9.26. The molecule has 2 rings (SSSR count). The highest BCUT2D eigenvalue weighted by atomic mass is 15.1. The van der Waals surface area contributed by atoms with E-state index in [1.54, 1.807) is 0 Å². The van der Waals surface area contributed by atoms with Crippen LogP contribution in [0.15, 0.2) is 18.3 Å². The Morgan fingerprint density at radius 2 is 2.23 bits per heavy atom. The predicted octanol–water partition coefficient (Wildman–Crippen LogP) is 1.18. The summed E-state index contributed by atoms with van der Waals surface area (Å²) < 4.78 is 0. The van der Waals surface area contributed by atoms with Crippen molar-refractivity contribution in [2.45, 2.75) is 12.5 Å². The minimum absolute atomic E-state index is 0.545. The van der Waals surface area contributed by atoms with Crippen molar-refractivity contribution in [2.75, 3.05) is 25.5 Å². The van der Waals surface area contributed by atoms with Crippen molar-refractivity contribution in [2.24, 2.45) is 0 Å². The lowest BCUT2D eigenvalue weighted by Gasteiger charge is -2.27. The number of pyridine rings is 1. The molecular weight excluding hydrogens is 162 g/mol. The summed E-state index contributed by atoms with van der Waals surface area (Å²) in [6.07, 6.45) is 3.20. The van der Waals surface area contributed by atoms with Crippen molar-refractivity contribution in [3.8, 4) is 0 Å². The molecule has 3 nitrogen and oxygen atoms in total. The predicted molar refractivity (Wildman–Crippen MR) is 53.9 cm³/mol. The molecular formula is C10H15N3. The Balaban J connectivity index is 2.13. The SMILES string of the molecule is CN(C)c1ccc([C@@H]2CCN2)cn1. The van der Waals surface area contributed by atoms with Gasteiger partial charge in [0.2, 0.25) is 0 Å². The fourth-order valence-corrected chi connectivity index (χ4v) is 1.44. The van der Waals surface area contributed by atoms with Gasteiger partial charge in [-0.3, -0.25) is 0 Å². The molecule has 1 aliphatic heterocycles. The second kappa shape index (κ2) is 3.34. The summed E-state index contributed by atoms with van der Waals surface area (Å²) in [6, 6.07) is 4.76. The molecule has 2 heterocycles. The van der Waals surface area contributed by atoms with Crippen molar-refractivity contribution in [1.29, 1.82) is 0 Å². The Morgan fingerprint density at radius 3 is 2.62 bits per heavy atom. The first-order valence-electron chi connectivity index (χ1n) is 4.64. The number of anilines is 1. The highest BCUT2D eigenvalue weighted by Gasteiger charge is 2.18. The van der Waals surface area contributed by atoms with E-state index in [1.807, 2.05) is 25.2 Å². The fourth-order valence-electron chi connectivity index (χ4n) is 1.44. The van der Waals surface area contributed by atoms with Crippen LogP contribution >= 0.6 is 0 Å². The second-order valence-electron chi connectivity index (χ2n) is 3.64. The molecule has 0 saturated carbocycles. The van der Waals surface area contributed by atoms with Crippen molar-refractivity contribution in [3.05, 3.63) is 23.9 Å². The van der Waals surface area contributed by atoms with Gasteiger partial charge < -0.3 is 10.2 Å². The van der Waals surface area contributed by atoms with Crippen LogP contribution in [0.4, 0.5) is 5.82 Å². The number of nitrogens with zero attached hydrogens (tertiary/aromatic N) is 2. The molecule has 1 aromatic rings. The topological polar surface area (TPSA) is 28.2 Å². The smallest absolute Gasteiger partial charge is 0.127 e. The second-order valence-corrected chi connectivity index (χ2v) is 3.64. The summed E-state index contributed by atoms with van der Waals surface area (Å²) >= 11 is 0. The lowest BCUT2D eigenvalue weighted by Crippen LogP contribution is -2.34. The maximum absolute atomic E-state index is 4.37. The zero-order valence-electron chi connectivity index (χ0n) is 8.12. The summed E-state index contributed by atoms with van der Waals surface area (Å²) in [7, 11) is 4.01. The zero-order valence-corrected chi connectivity index (χ0v) is 8.12. The van der Waals surface area contributed by atoms with E-state index in [2.05, 4.69) is 22.4 Å². The Hall–Kier alpha value is -1.09. The molecule has 0 amide bonds. The number of nitrogens with one attached hydrogen (secondary N) is 1. The van der Waals surface area contributed by atoms with Gasteiger partial charge >= 0.3 is 0 Å². The van der Waals surface area contributed by atoms with Gasteiger partial charge in [-0.15, -0.1) is 0 Å². The average molecular weight is 177 g/mol. The van der Waals surface area contributed by atoms with Gasteiger partial charge in [0.25, 0.3) is 0 Å². The molecule has 70 valence electrons. The summed E-state index contributed by atoms with van der Waals surface area (Å²) in [5.74, 6) is 1.02. The van der Waals surface area contributed by atoms with Crippen molar-refractivity contribution in [1.82, 2.24) is 10.3 Å². The highest BCUT2D eigenvalue weighted by Crippen LogP contribution is 2.22. The van der Waals surface area contributed by atoms with Crippen LogP contribution in [-0.2, 0) is 0 Å². The van der Waals surface area contributed by atoms with Gasteiger partial charge in [-0.25, -0.2) is 4.98 Å². The highest BCUT2D eigenvalue weighted by molar-refractivity contribution is 5.38. The third-order valence-corrected chi connectivity index (χ3v) is 2.46. The van der Waals surface area contributed by atoms with Gasteiger partial charge in [-0.1, -0.05) is 6.07 Å². The molecule has 1 saturated heterocycles. The van der Waals surface area contributed by atoms with Crippen molar-refractivity contribution < 1.29 is 0 Å². The molecule has 0 aliphatic carbocycles. The Kier molecular flexibility index (Phi) is 2.19. The van der Waals surface area contributed by atoms with Crippen LogP contribution in [0, 0.1) is 0 Å². The van der Waals surface area contributed by atoms with Crippen LogP contribution in [0.1, 0.15) is 18.0 Å². The number of hydrogen-bond acceptors (Lipinski definition) is 3. The van der Waals surface area contributed by atoms with Gasteiger partial charge in [0, 0.05) is 26.3 Å². The van der Waals surface area contributed by atoms with Crippen LogP contribution in [0.5, 0.6) is 0 Å². The Labute approximate surface area is 78.8 Å². The molecule has 0 radical (unpaired) electrons. The number of hydrogen-bond donors (Lipinski definition) is 1. The molecule has 0 spiro atoms. The minimum atomic E-state index is 0.545. The van der Waals surface area contributed by atoms with Gasteiger partial charge in [-0.2, -0.15) is 0 Å². The van der Waals surface area contributed by atoms with Crippen LogP contribution in [0.2, 0.25) is 0 Å². The monoisotopic (exact) mass is 177 g/mol. The van der Waals surface area contributed by atoms with E-state index in [9.17, 15) is 0 Å². The van der Waals surface area contributed by atoms with Crippen LogP contribution in [0.3, 0.4) is 0 Å². The number of aromatic nitrogens is 1. The van der Waals surface area contributed by atoms with E-state index >= 15 is 0 Å². The van der Waals surface area contributed by atoms with Gasteiger partial charge in [0.1, 0.15) is 5.82 Å². The first-order valence-corrected chi connectivity index (χ1v) is 4.64. The van der Waals surface area contributed by atoms with Gasteiger partial charge in [0.15, 0.2) is 0 Å². The van der Waals surface area contributed by atoms with E-state index in [1.165, 1.54) is 12.0 Å². The van der Waals surface area contributed by atoms with Crippen molar-refractivity contribution in [3.63, 3.8) is 0 Å². The molecule has 1 aliphatic rings. The van der Waals surface area contributed by atoms with Crippen LogP contribution in [0.25, 0.3) is 0 Å². The van der Waals surface area contributed by atoms with E-state index in [0.717, 1.165) is 12.4 Å². The van der Waals surface area contributed by atoms with E-state index in [4.69, 9.17) is 0 Å². The van der Waals surface area contributed by atoms with E-state index < -0.39 is 0 Å². The normalized spacial score (nSPS) is 20.9. The third kappa shape index (κ3) is 1.65. The summed E-state index contributed by atoms with van der Waals surface area (Å²) in [4.78, 5) is 6.38. The molecule has 0 bridgehead atoms. The fraction of sp³-hybridized carbons (Fsp3) is 0.500. The van der Waals surface area contributed by atoms with Gasteiger partial charge in [0.05, 0.1) is 0 Å². The summed E-state index contributed by atoms with van der Waals surface area (Å²) in [5.41, 5.74) is 1.30. The Morgan fingerprint density at radius 1 is 1.46 bits per heavy atom. The molecule has 1 atom stereocenters. The molecule has 0 aromatic carbocycles. The molecule has 13 heavy (non-hydrogen) atoms.